The highest BCUT2D eigenvalue weighted by Gasteiger charge is 2.48. The third kappa shape index (κ3) is 2.59. The maximum atomic E-state index is 12.9. The lowest BCUT2D eigenvalue weighted by Crippen LogP contribution is -2.40. The molecule has 2 aromatic carbocycles. The van der Waals surface area contributed by atoms with Gasteiger partial charge in [0.2, 0.25) is 0 Å². The summed E-state index contributed by atoms with van der Waals surface area (Å²) < 4.78 is 11.1. The van der Waals surface area contributed by atoms with Crippen molar-refractivity contribution in [2.45, 2.75) is 19.0 Å². The molecular weight excluding hydrogens is 320 g/mol. The van der Waals surface area contributed by atoms with Crippen LogP contribution in [-0.4, -0.2) is 30.1 Å². The molecule has 1 N–H and O–H groups in total. The Morgan fingerprint density at radius 2 is 1.76 bits per heavy atom. The van der Waals surface area contributed by atoms with Crippen molar-refractivity contribution in [1.29, 1.82) is 0 Å². The number of amides is 3. The molecule has 0 radical (unpaired) electrons. The molecule has 128 valence electrons. The lowest BCUT2D eigenvalue weighted by atomic mass is 9.92. The second kappa shape index (κ2) is 5.81. The van der Waals surface area contributed by atoms with Gasteiger partial charge in [0.05, 0.1) is 6.54 Å². The average molecular weight is 338 g/mol. The van der Waals surface area contributed by atoms with Crippen LogP contribution < -0.4 is 14.8 Å². The topological polar surface area (TPSA) is 67.9 Å². The number of fused-ring (bicyclic) bond motifs is 1. The molecule has 3 amide bonds. The standard InChI is InChI=1S/C19H18N2O4/c1-19(14-5-3-2-4-6-14)17(22)21(18(23)20-19)12-13-7-8-15-16(11-13)25-10-9-24-15/h2-8,11H,9-10,12H2,1H3,(H,20,23). The van der Waals surface area contributed by atoms with Gasteiger partial charge in [-0.15, -0.1) is 0 Å². The second-order valence-corrected chi connectivity index (χ2v) is 6.29. The summed E-state index contributed by atoms with van der Waals surface area (Å²) in [5, 5.41) is 2.81. The van der Waals surface area contributed by atoms with Gasteiger partial charge >= 0.3 is 6.03 Å². The van der Waals surface area contributed by atoms with Crippen molar-refractivity contribution < 1.29 is 19.1 Å². The van der Waals surface area contributed by atoms with Crippen LogP contribution in [0.4, 0.5) is 4.79 Å². The Hall–Kier alpha value is -3.02. The van der Waals surface area contributed by atoms with E-state index in [1.165, 1.54) is 4.90 Å². The normalized spacial score (nSPS) is 22.0. The third-order valence-electron chi connectivity index (χ3n) is 4.57. The highest BCUT2D eigenvalue weighted by Crippen LogP contribution is 2.33. The zero-order valence-corrected chi connectivity index (χ0v) is 13.8. The summed E-state index contributed by atoms with van der Waals surface area (Å²) >= 11 is 0. The monoisotopic (exact) mass is 338 g/mol. The minimum absolute atomic E-state index is 0.184. The predicted molar refractivity (Wildman–Crippen MR) is 90.3 cm³/mol. The second-order valence-electron chi connectivity index (χ2n) is 6.29. The number of urea groups is 1. The molecule has 25 heavy (non-hydrogen) atoms. The molecule has 2 aliphatic rings. The van der Waals surface area contributed by atoms with Crippen molar-refractivity contribution >= 4 is 11.9 Å². The van der Waals surface area contributed by atoms with Crippen molar-refractivity contribution in [3.8, 4) is 11.5 Å². The molecule has 0 bridgehead atoms. The number of rotatable bonds is 3. The highest BCUT2D eigenvalue weighted by atomic mass is 16.6. The van der Waals surface area contributed by atoms with Gasteiger partial charge in [-0.05, 0) is 30.2 Å². The molecule has 1 unspecified atom stereocenters. The zero-order chi connectivity index (χ0) is 17.4. The Morgan fingerprint density at radius 1 is 1.04 bits per heavy atom. The first-order valence-corrected chi connectivity index (χ1v) is 8.16. The van der Waals surface area contributed by atoms with Crippen LogP contribution in [0.2, 0.25) is 0 Å². The fraction of sp³-hybridized carbons (Fsp3) is 0.263. The van der Waals surface area contributed by atoms with Gasteiger partial charge in [-0.25, -0.2) is 4.79 Å². The zero-order valence-electron chi connectivity index (χ0n) is 13.8. The minimum Gasteiger partial charge on any atom is -0.486 e. The first-order valence-electron chi connectivity index (χ1n) is 8.16. The smallest absolute Gasteiger partial charge is 0.325 e. The van der Waals surface area contributed by atoms with Crippen molar-refractivity contribution in [2.75, 3.05) is 13.2 Å². The van der Waals surface area contributed by atoms with E-state index >= 15 is 0 Å². The van der Waals surface area contributed by atoms with Crippen molar-refractivity contribution in [1.82, 2.24) is 10.2 Å². The number of nitrogens with zero attached hydrogens (tertiary/aromatic N) is 1. The average Bonchev–Trinajstić information content (AvgIpc) is 2.86. The van der Waals surface area contributed by atoms with E-state index in [4.69, 9.17) is 9.47 Å². The molecule has 6 nitrogen and oxygen atoms in total. The fourth-order valence-electron chi connectivity index (χ4n) is 3.18. The molecule has 1 atom stereocenters. The molecule has 1 fully saturated rings. The summed E-state index contributed by atoms with van der Waals surface area (Å²) in [7, 11) is 0. The number of nitrogens with one attached hydrogen (secondary N) is 1. The van der Waals surface area contributed by atoms with Crippen molar-refractivity contribution in [2.24, 2.45) is 0 Å². The summed E-state index contributed by atoms with van der Waals surface area (Å²) in [6.45, 7) is 2.93. The van der Waals surface area contributed by atoms with E-state index in [1.54, 1.807) is 13.0 Å². The maximum absolute atomic E-state index is 12.9. The Morgan fingerprint density at radius 3 is 2.52 bits per heavy atom. The quantitative estimate of drug-likeness (QED) is 0.873. The summed E-state index contributed by atoms with van der Waals surface area (Å²) in [6, 6.07) is 14.3. The Kier molecular flexibility index (Phi) is 3.60. The predicted octanol–water partition coefficient (Wildman–Crippen LogP) is 2.42. The molecule has 4 rings (SSSR count). The van der Waals surface area contributed by atoms with Gasteiger partial charge in [-0.1, -0.05) is 36.4 Å². The molecular formula is C19H18N2O4. The number of hydrogen-bond donors (Lipinski definition) is 1. The largest absolute Gasteiger partial charge is 0.486 e. The summed E-state index contributed by atoms with van der Waals surface area (Å²) in [5.41, 5.74) is 0.523. The Labute approximate surface area is 145 Å². The fourth-order valence-corrected chi connectivity index (χ4v) is 3.18. The highest BCUT2D eigenvalue weighted by molar-refractivity contribution is 6.07. The molecule has 2 aromatic rings. The summed E-state index contributed by atoms with van der Waals surface area (Å²) in [4.78, 5) is 26.6. The number of ether oxygens (including phenoxy) is 2. The van der Waals surface area contributed by atoms with Gasteiger partial charge < -0.3 is 14.8 Å². The Balaban J connectivity index is 1.59. The number of hydrogen-bond acceptors (Lipinski definition) is 4. The number of carbonyl (C=O) groups excluding carboxylic acids is 2. The van der Waals surface area contributed by atoms with Gasteiger partial charge in [-0.2, -0.15) is 0 Å². The first kappa shape index (κ1) is 15.5. The molecule has 2 heterocycles. The van der Waals surface area contributed by atoms with Crippen LogP contribution in [-0.2, 0) is 16.9 Å². The van der Waals surface area contributed by atoms with Gasteiger partial charge in [0.15, 0.2) is 11.5 Å². The molecule has 0 aromatic heterocycles. The third-order valence-corrected chi connectivity index (χ3v) is 4.57. The van der Waals surface area contributed by atoms with E-state index in [2.05, 4.69) is 5.32 Å². The van der Waals surface area contributed by atoms with E-state index in [1.807, 2.05) is 42.5 Å². The SMILES string of the molecule is CC1(c2ccccc2)NC(=O)N(Cc2ccc3c(c2)OCCO3)C1=O. The molecule has 1 saturated heterocycles. The van der Waals surface area contributed by atoms with Crippen LogP contribution in [0.5, 0.6) is 11.5 Å². The molecule has 2 aliphatic heterocycles. The van der Waals surface area contributed by atoms with Crippen LogP contribution in [0.3, 0.4) is 0 Å². The number of carbonyl (C=O) groups is 2. The van der Waals surface area contributed by atoms with Crippen molar-refractivity contribution in [3.63, 3.8) is 0 Å². The van der Waals surface area contributed by atoms with Crippen LogP contribution in [0.15, 0.2) is 48.5 Å². The van der Waals surface area contributed by atoms with E-state index in [-0.39, 0.29) is 12.5 Å². The van der Waals surface area contributed by atoms with E-state index in [0.29, 0.717) is 24.7 Å². The van der Waals surface area contributed by atoms with Crippen LogP contribution in [0.25, 0.3) is 0 Å². The van der Waals surface area contributed by atoms with Crippen LogP contribution in [0, 0.1) is 0 Å². The minimum atomic E-state index is -1.05. The lowest BCUT2D eigenvalue weighted by Gasteiger charge is -2.22. The van der Waals surface area contributed by atoms with Gasteiger partial charge in [0.25, 0.3) is 5.91 Å². The first-order chi connectivity index (χ1) is 12.1. The van der Waals surface area contributed by atoms with Gasteiger partial charge in [0, 0.05) is 0 Å². The molecule has 6 heteroatoms. The number of benzene rings is 2. The summed E-state index contributed by atoms with van der Waals surface area (Å²) in [5.74, 6) is 1.06. The lowest BCUT2D eigenvalue weighted by molar-refractivity contribution is -0.131. The summed E-state index contributed by atoms with van der Waals surface area (Å²) in [6.07, 6.45) is 0. The molecule has 0 spiro atoms. The number of imide groups is 1. The van der Waals surface area contributed by atoms with E-state index in [0.717, 1.165) is 11.1 Å². The molecule has 0 aliphatic carbocycles. The van der Waals surface area contributed by atoms with Crippen LogP contribution in [0.1, 0.15) is 18.1 Å². The van der Waals surface area contributed by atoms with Crippen molar-refractivity contribution in [3.05, 3.63) is 59.7 Å². The maximum Gasteiger partial charge on any atom is 0.325 e. The molecule has 0 saturated carbocycles. The van der Waals surface area contributed by atoms with Crippen LogP contribution >= 0.6 is 0 Å². The van der Waals surface area contributed by atoms with E-state index in [9.17, 15) is 9.59 Å². The Bertz CT molecular complexity index is 837. The van der Waals surface area contributed by atoms with Gasteiger partial charge in [0.1, 0.15) is 18.8 Å². The van der Waals surface area contributed by atoms with Gasteiger partial charge in [-0.3, -0.25) is 9.69 Å². The van der Waals surface area contributed by atoms with E-state index < -0.39 is 11.6 Å².